The van der Waals surface area contributed by atoms with Crippen LogP contribution in [0.15, 0.2) is 16.6 Å². The summed E-state index contributed by atoms with van der Waals surface area (Å²) in [4.78, 5) is 21.4. The van der Waals surface area contributed by atoms with Crippen LogP contribution in [0, 0.1) is 5.92 Å². The summed E-state index contributed by atoms with van der Waals surface area (Å²) in [5.74, 6) is 2.04. The van der Waals surface area contributed by atoms with Crippen molar-refractivity contribution in [3.63, 3.8) is 0 Å². The summed E-state index contributed by atoms with van der Waals surface area (Å²) in [5.41, 5.74) is 1.17. The van der Waals surface area contributed by atoms with Gasteiger partial charge in [0.1, 0.15) is 5.82 Å². The fourth-order valence-electron chi connectivity index (χ4n) is 3.40. The van der Waals surface area contributed by atoms with E-state index in [1.54, 1.807) is 0 Å². The van der Waals surface area contributed by atoms with Crippen molar-refractivity contribution in [3.8, 4) is 0 Å². The molecule has 0 bridgehead atoms. The van der Waals surface area contributed by atoms with Crippen LogP contribution in [0.5, 0.6) is 0 Å². The van der Waals surface area contributed by atoms with Crippen LogP contribution >= 0.6 is 15.9 Å². The van der Waals surface area contributed by atoms with E-state index in [2.05, 4.69) is 46.8 Å². The first-order chi connectivity index (χ1) is 11.5. The minimum absolute atomic E-state index is 0.0540. The average Bonchev–Trinajstić information content (AvgIpc) is 3.40. The van der Waals surface area contributed by atoms with Gasteiger partial charge in [0.15, 0.2) is 0 Å². The zero-order valence-electron chi connectivity index (χ0n) is 14.4. The molecule has 0 spiro atoms. The van der Waals surface area contributed by atoms with Gasteiger partial charge in [-0.1, -0.05) is 13.8 Å². The summed E-state index contributed by atoms with van der Waals surface area (Å²) in [6, 6.07) is 4.33. The summed E-state index contributed by atoms with van der Waals surface area (Å²) < 4.78 is 1.10. The van der Waals surface area contributed by atoms with Gasteiger partial charge >= 0.3 is 0 Å². The molecule has 5 nitrogen and oxygen atoms in total. The molecule has 6 heteroatoms. The topological polar surface area (TPSA) is 56.7 Å². The molecular weight excluding hydrogens is 370 g/mol. The maximum Gasteiger partial charge on any atom is 0.225 e. The van der Waals surface area contributed by atoms with Gasteiger partial charge in [0.05, 0.1) is 18.3 Å². The van der Waals surface area contributed by atoms with Crippen molar-refractivity contribution < 1.29 is 9.90 Å². The molecule has 2 fully saturated rings. The Bertz CT molecular complexity index is 604. The molecule has 1 aromatic rings. The molecule has 2 aliphatic rings. The lowest BCUT2D eigenvalue weighted by molar-refractivity contribution is -0.135. The number of aliphatic hydroxyl groups is 1. The fraction of sp³-hybridized carbons (Fsp3) is 0.667. The largest absolute Gasteiger partial charge is 0.396 e. The van der Waals surface area contributed by atoms with E-state index >= 15 is 0 Å². The van der Waals surface area contributed by atoms with Gasteiger partial charge in [0, 0.05) is 36.4 Å². The molecule has 1 saturated heterocycles. The van der Waals surface area contributed by atoms with Gasteiger partial charge in [-0.3, -0.25) is 4.79 Å². The normalized spacial score (nSPS) is 21.5. The summed E-state index contributed by atoms with van der Waals surface area (Å²) in [6.45, 7) is 6.50. The Morgan fingerprint density at radius 2 is 2.12 bits per heavy atom. The number of pyridine rings is 1. The number of hydrogen-bond donors (Lipinski definition) is 1. The quantitative estimate of drug-likeness (QED) is 0.832. The minimum Gasteiger partial charge on any atom is -0.396 e. The van der Waals surface area contributed by atoms with Gasteiger partial charge in [0.25, 0.3) is 0 Å². The number of aromatic nitrogens is 1. The van der Waals surface area contributed by atoms with Crippen LogP contribution < -0.4 is 4.90 Å². The van der Waals surface area contributed by atoms with Crippen molar-refractivity contribution in [2.24, 2.45) is 5.92 Å². The van der Waals surface area contributed by atoms with E-state index in [1.165, 1.54) is 18.5 Å². The number of carbonyl (C=O) groups is 1. The highest BCUT2D eigenvalue weighted by Gasteiger charge is 2.33. The van der Waals surface area contributed by atoms with Gasteiger partial charge < -0.3 is 14.9 Å². The molecule has 1 atom stereocenters. The number of aliphatic hydroxyl groups excluding tert-OH is 1. The smallest absolute Gasteiger partial charge is 0.225 e. The number of piperazine rings is 1. The molecule has 1 aromatic heterocycles. The van der Waals surface area contributed by atoms with Gasteiger partial charge in [-0.25, -0.2) is 4.98 Å². The number of hydrogen-bond acceptors (Lipinski definition) is 4. The minimum atomic E-state index is -0.0805. The Morgan fingerprint density at radius 1 is 1.38 bits per heavy atom. The highest BCUT2D eigenvalue weighted by atomic mass is 79.9. The second-order valence-corrected chi connectivity index (χ2v) is 7.98. The number of amides is 1. The van der Waals surface area contributed by atoms with Gasteiger partial charge in [-0.2, -0.15) is 0 Å². The van der Waals surface area contributed by atoms with Crippen LogP contribution in [0.25, 0.3) is 0 Å². The monoisotopic (exact) mass is 395 g/mol. The van der Waals surface area contributed by atoms with Crippen molar-refractivity contribution in [3.05, 3.63) is 22.3 Å². The zero-order valence-corrected chi connectivity index (χ0v) is 16.0. The summed E-state index contributed by atoms with van der Waals surface area (Å²) >= 11 is 3.62. The van der Waals surface area contributed by atoms with E-state index in [1.807, 2.05) is 4.90 Å². The van der Waals surface area contributed by atoms with Crippen LogP contribution in [-0.4, -0.2) is 53.2 Å². The molecule has 132 valence electrons. The van der Waals surface area contributed by atoms with Crippen molar-refractivity contribution in [1.82, 2.24) is 9.88 Å². The first-order valence-electron chi connectivity index (χ1n) is 8.83. The molecule has 1 aliphatic carbocycles. The number of carbonyl (C=O) groups excluding carboxylic acids is 1. The van der Waals surface area contributed by atoms with Gasteiger partial charge in [0.2, 0.25) is 5.91 Å². The van der Waals surface area contributed by atoms with E-state index in [-0.39, 0.29) is 25.0 Å². The molecule has 24 heavy (non-hydrogen) atoms. The number of nitrogens with zero attached hydrogens (tertiary/aromatic N) is 3. The fourth-order valence-corrected chi connectivity index (χ4v) is 3.95. The Balaban J connectivity index is 1.77. The standard InChI is InChI=1S/C18H26BrN3O2/c1-12(2)15-11-21(8-9-22(15)17(24)7-10-23)16-6-5-14(19)18(20-16)13-3-4-13/h5-6,12-13,15,23H,3-4,7-11H2,1-2H3. The molecule has 1 N–H and O–H groups in total. The van der Waals surface area contributed by atoms with Crippen LogP contribution in [0.2, 0.25) is 0 Å². The maximum atomic E-state index is 12.3. The third kappa shape index (κ3) is 3.75. The molecule has 2 heterocycles. The van der Waals surface area contributed by atoms with Crippen LogP contribution in [-0.2, 0) is 4.79 Å². The summed E-state index contributed by atoms with van der Waals surface area (Å²) in [5, 5.41) is 9.06. The lowest BCUT2D eigenvalue weighted by Crippen LogP contribution is -2.57. The van der Waals surface area contributed by atoms with E-state index in [9.17, 15) is 4.79 Å². The van der Waals surface area contributed by atoms with Crippen LogP contribution in [0.3, 0.4) is 0 Å². The van der Waals surface area contributed by atoms with E-state index in [0.29, 0.717) is 18.4 Å². The maximum absolute atomic E-state index is 12.3. The molecule has 1 amide bonds. The molecule has 3 rings (SSSR count). The van der Waals surface area contributed by atoms with E-state index in [0.717, 1.165) is 23.4 Å². The van der Waals surface area contributed by atoms with Crippen molar-refractivity contribution in [2.75, 3.05) is 31.1 Å². The molecule has 1 aliphatic heterocycles. The second kappa shape index (κ2) is 7.40. The van der Waals surface area contributed by atoms with Crippen LogP contribution in [0.4, 0.5) is 5.82 Å². The third-order valence-electron chi connectivity index (χ3n) is 4.98. The number of rotatable bonds is 5. The Labute approximate surface area is 152 Å². The van der Waals surface area contributed by atoms with Gasteiger partial charge in [-0.05, 0) is 46.8 Å². The molecule has 1 saturated carbocycles. The predicted molar refractivity (Wildman–Crippen MR) is 98.2 cm³/mol. The Kier molecular flexibility index (Phi) is 5.45. The number of anilines is 1. The van der Waals surface area contributed by atoms with Crippen molar-refractivity contribution >= 4 is 27.7 Å². The van der Waals surface area contributed by atoms with Crippen molar-refractivity contribution in [1.29, 1.82) is 0 Å². The van der Waals surface area contributed by atoms with Crippen molar-refractivity contribution in [2.45, 2.75) is 45.1 Å². The SMILES string of the molecule is CC(C)C1CN(c2ccc(Br)c(C3CC3)n2)CCN1C(=O)CCO. The third-order valence-corrected chi connectivity index (χ3v) is 5.65. The first kappa shape index (κ1) is 17.7. The van der Waals surface area contributed by atoms with Crippen LogP contribution in [0.1, 0.15) is 44.7 Å². The average molecular weight is 396 g/mol. The Hall–Kier alpha value is -1.14. The number of halogens is 1. The first-order valence-corrected chi connectivity index (χ1v) is 9.62. The van der Waals surface area contributed by atoms with E-state index in [4.69, 9.17) is 10.1 Å². The zero-order chi connectivity index (χ0) is 17.3. The van der Waals surface area contributed by atoms with Gasteiger partial charge in [-0.15, -0.1) is 0 Å². The lowest BCUT2D eigenvalue weighted by atomic mass is 9.99. The highest BCUT2D eigenvalue weighted by molar-refractivity contribution is 9.10. The van der Waals surface area contributed by atoms with E-state index < -0.39 is 0 Å². The molecule has 0 aromatic carbocycles. The molecular formula is C18H26BrN3O2. The molecule has 1 unspecified atom stereocenters. The second-order valence-electron chi connectivity index (χ2n) is 7.13. The Morgan fingerprint density at radius 3 is 2.75 bits per heavy atom. The lowest BCUT2D eigenvalue weighted by Gasteiger charge is -2.44. The summed E-state index contributed by atoms with van der Waals surface area (Å²) in [6.07, 6.45) is 2.67. The predicted octanol–water partition coefficient (Wildman–Crippen LogP) is 2.78. The highest BCUT2D eigenvalue weighted by Crippen LogP contribution is 2.42. The molecule has 0 radical (unpaired) electrons. The summed E-state index contributed by atoms with van der Waals surface area (Å²) in [7, 11) is 0.